The first-order valence-corrected chi connectivity index (χ1v) is 8.64. The average molecular weight is 407 g/mol. The van der Waals surface area contributed by atoms with Gasteiger partial charge in [-0.3, -0.25) is 0 Å². The van der Waals surface area contributed by atoms with E-state index < -0.39 is 18.8 Å². The number of nitrogens with one attached hydrogen (secondary N) is 2. The van der Waals surface area contributed by atoms with E-state index in [1.165, 1.54) is 18.2 Å². The van der Waals surface area contributed by atoms with E-state index in [0.29, 0.717) is 6.42 Å². The fourth-order valence-electron chi connectivity index (χ4n) is 2.58. The Balaban J connectivity index is 1.94. The van der Waals surface area contributed by atoms with Gasteiger partial charge < -0.3 is 20.1 Å². The number of hydrogen-bond acceptors (Lipinski definition) is 4. The van der Waals surface area contributed by atoms with Crippen LogP contribution in [0.3, 0.4) is 0 Å². The van der Waals surface area contributed by atoms with Crippen molar-refractivity contribution < 1.29 is 27.4 Å². The Morgan fingerprint density at radius 3 is 2.66 bits per heavy atom. The second-order valence-electron chi connectivity index (χ2n) is 6.28. The molecule has 2 aromatic rings. The number of benzene rings is 2. The quantitative estimate of drug-likeness (QED) is 0.718. The van der Waals surface area contributed by atoms with E-state index in [1.807, 2.05) is 31.2 Å². The molecule has 0 heterocycles. The van der Waals surface area contributed by atoms with Crippen LogP contribution in [0.15, 0.2) is 42.5 Å². The predicted octanol–water partition coefficient (Wildman–Crippen LogP) is 4.26. The summed E-state index contributed by atoms with van der Waals surface area (Å²) in [7, 11) is 1.57. The molecule has 0 fully saturated rings. The third-order valence-electron chi connectivity index (χ3n) is 3.80. The first-order chi connectivity index (χ1) is 13.7. The number of alkyl halides is 3. The number of anilines is 1. The van der Waals surface area contributed by atoms with Crippen LogP contribution in [0.4, 0.5) is 23.7 Å². The molecule has 9 heteroatoms. The average Bonchev–Trinajstić information content (AvgIpc) is 2.66. The molecule has 0 aliphatic carbocycles. The molecule has 2 N–H and O–H groups in total. The van der Waals surface area contributed by atoms with Crippen LogP contribution in [0, 0.1) is 11.3 Å². The summed E-state index contributed by atoms with van der Waals surface area (Å²) in [6.45, 7) is 0.324. The minimum atomic E-state index is -4.51. The van der Waals surface area contributed by atoms with E-state index >= 15 is 0 Å². The van der Waals surface area contributed by atoms with Gasteiger partial charge in [0.15, 0.2) is 6.61 Å². The Morgan fingerprint density at radius 2 is 2.00 bits per heavy atom. The van der Waals surface area contributed by atoms with Crippen molar-refractivity contribution in [1.82, 2.24) is 5.32 Å². The van der Waals surface area contributed by atoms with Gasteiger partial charge in [0, 0.05) is 11.7 Å². The minimum absolute atomic E-state index is 0.114. The van der Waals surface area contributed by atoms with E-state index in [4.69, 9.17) is 10.00 Å². The number of methoxy groups -OCH3 is 1. The van der Waals surface area contributed by atoms with Crippen LogP contribution in [0.2, 0.25) is 0 Å². The molecule has 1 atom stereocenters. The lowest BCUT2D eigenvalue weighted by Gasteiger charge is -2.16. The standard InChI is InChI=1S/C20H20F3N3O3/c1-13(8-14-4-3-5-17(9-14)28-2)25-19(27)26-16-6-7-18(15(10-16)11-24)29-12-20(21,22)23/h3-7,9-10,13H,8,12H2,1-2H3,(H2,25,26,27). The summed E-state index contributed by atoms with van der Waals surface area (Å²) in [6, 6.07) is 12.3. The van der Waals surface area contributed by atoms with Gasteiger partial charge in [0.2, 0.25) is 0 Å². The molecule has 0 saturated carbocycles. The Morgan fingerprint density at radius 1 is 1.24 bits per heavy atom. The summed E-state index contributed by atoms with van der Waals surface area (Å²) < 4.78 is 46.6. The molecule has 0 radical (unpaired) electrons. The SMILES string of the molecule is COc1cccc(CC(C)NC(=O)Nc2ccc(OCC(F)(F)F)c(C#N)c2)c1. The lowest BCUT2D eigenvalue weighted by Crippen LogP contribution is -2.37. The molecule has 0 aliphatic heterocycles. The number of ether oxygens (including phenoxy) is 2. The molecule has 2 rings (SSSR count). The molecule has 2 amide bonds. The lowest BCUT2D eigenvalue weighted by molar-refractivity contribution is -0.153. The molecule has 2 aromatic carbocycles. The van der Waals surface area contributed by atoms with E-state index in [2.05, 4.69) is 15.4 Å². The largest absolute Gasteiger partial charge is 0.497 e. The highest BCUT2D eigenvalue weighted by Crippen LogP contribution is 2.25. The molecule has 0 saturated heterocycles. The van der Waals surface area contributed by atoms with Crippen molar-refractivity contribution in [1.29, 1.82) is 5.26 Å². The van der Waals surface area contributed by atoms with E-state index in [0.717, 1.165) is 11.3 Å². The molecule has 0 bridgehead atoms. The van der Waals surface area contributed by atoms with E-state index in [-0.39, 0.29) is 23.0 Å². The van der Waals surface area contributed by atoms with Gasteiger partial charge >= 0.3 is 12.2 Å². The molecular weight excluding hydrogens is 387 g/mol. The van der Waals surface area contributed by atoms with Gasteiger partial charge in [0.25, 0.3) is 0 Å². The second-order valence-corrected chi connectivity index (χ2v) is 6.28. The molecule has 0 aliphatic rings. The first kappa shape index (κ1) is 21.9. The molecule has 0 spiro atoms. The van der Waals surface area contributed by atoms with Crippen molar-refractivity contribution in [3.8, 4) is 17.6 Å². The smallest absolute Gasteiger partial charge is 0.422 e. The van der Waals surface area contributed by atoms with Crippen LogP contribution in [0.1, 0.15) is 18.1 Å². The van der Waals surface area contributed by atoms with Gasteiger partial charge in [-0.05, 0) is 49.2 Å². The Labute approximate surface area is 166 Å². The lowest BCUT2D eigenvalue weighted by atomic mass is 10.1. The van der Waals surface area contributed by atoms with E-state index in [9.17, 15) is 18.0 Å². The van der Waals surface area contributed by atoms with Crippen molar-refractivity contribution in [3.05, 3.63) is 53.6 Å². The summed E-state index contributed by atoms with van der Waals surface area (Å²) in [5.41, 5.74) is 1.12. The van der Waals surface area contributed by atoms with Gasteiger partial charge in [0.1, 0.15) is 17.6 Å². The summed E-state index contributed by atoms with van der Waals surface area (Å²) in [6.07, 6.45) is -3.94. The van der Waals surface area contributed by atoms with Crippen LogP contribution in [-0.4, -0.2) is 32.0 Å². The first-order valence-electron chi connectivity index (χ1n) is 8.64. The topological polar surface area (TPSA) is 83.4 Å². The maximum absolute atomic E-state index is 12.3. The van der Waals surface area contributed by atoms with Crippen molar-refractivity contribution in [3.63, 3.8) is 0 Å². The molecule has 154 valence electrons. The van der Waals surface area contributed by atoms with Gasteiger partial charge in [-0.2, -0.15) is 18.4 Å². The third-order valence-corrected chi connectivity index (χ3v) is 3.80. The van der Waals surface area contributed by atoms with Crippen molar-refractivity contribution in [2.75, 3.05) is 19.0 Å². The molecular formula is C20H20F3N3O3. The second kappa shape index (κ2) is 9.68. The summed E-state index contributed by atoms with van der Waals surface area (Å²) in [4.78, 5) is 12.2. The zero-order valence-electron chi connectivity index (χ0n) is 15.8. The number of carbonyl (C=O) groups is 1. The Hall–Kier alpha value is -3.41. The summed E-state index contributed by atoms with van der Waals surface area (Å²) >= 11 is 0. The van der Waals surface area contributed by atoms with Crippen LogP contribution in [-0.2, 0) is 6.42 Å². The van der Waals surface area contributed by atoms with E-state index in [1.54, 1.807) is 13.2 Å². The van der Waals surface area contributed by atoms with Crippen LogP contribution >= 0.6 is 0 Å². The van der Waals surface area contributed by atoms with Crippen molar-refractivity contribution >= 4 is 11.7 Å². The molecule has 6 nitrogen and oxygen atoms in total. The fraction of sp³-hybridized carbons (Fsp3) is 0.300. The number of nitriles is 1. The van der Waals surface area contributed by atoms with Crippen molar-refractivity contribution in [2.45, 2.75) is 25.6 Å². The maximum Gasteiger partial charge on any atom is 0.422 e. The number of halogens is 3. The fourth-order valence-corrected chi connectivity index (χ4v) is 2.58. The number of carbonyl (C=O) groups excluding carboxylic acids is 1. The van der Waals surface area contributed by atoms with Gasteiger partial charge in [-0.25, -0.2) is 4.79 Å². The minimum Gasteiger partial charge on any atom is -0.497 e. The zero-order chi connectivity index (χ0) is 21.4. The number of rotatable bonds is 7. The van der Waals surface area contributed by atoms with Gasteiger partial charge in [-0.1, -0.05) is 12.1 Å². The number of nitrogens with zero attached hydrogens (tertiary/aromatic N) is 1. The Bertz CT molecular complexity index is 895. The van der Waals surface area contributed by atoms with Gasteiger partial charge in [0.05, 0.1) is 12.7 Å². The monoisotopic (exact) mass is 407 g/mol. The third kappa shape index (κ3) is 7.25. The predicted molar refractivity (Wildman–Crippen MR) is 101 cm³/mol. The molecule has 1 unspecified atom stereocenters. The van der Waals surface area contributed by atoms with Crippen LogP contribution in [0.5, 0.6) is 11.5 Å². The van der Waals surface area contributed by atoms with Crippen LogP contribution in [0.25, 0.3) is 0 Å². The number of hydrogen-bond donors (Lipinski definition) is 2. The maximum atomic E-state index is 12.3. The van der Waals surface area contributed by atoms with Crippen LogP contribution < -0.4 is 20.1 Å². The highest BCUT2D eigenvalue weighted by Gasteiger charge is 2.28. The summed E-state index contributed by atoms with van der Waals surface area (Å²) in [5.74, 6) is 0.512. The zero-order valence-corrected chi connectivity index (χ0v) is 15.8. The highest BCUT2D eigenvalue weighted by atomic mass is 19.4. The molecule has 29 heavy (non-hydrogen) atoms. The Kier molecular flexibility index (Phi) is 7.31. The van der Waals surface area contributed by atoms with Crippen molar-refractivity contribution in [2.24, 2.45) is 0 Å². The number of urea groups is 1. The number of amides is 2. The summed E-state index contributed by atoms with van der Waals surface area (Å²) in [5, 5.41) is 14.4. The van der Waals surface area contributed by atoms with Gasteiger partial charge in [-0.15, -0.1) is 0 Å². The highest BCUT2D eigenvalue weighted by molar-refractivity contribution is 5.89. The normalized spacial score (nSPS) is 11.9. The molecule has 0 aromatic heterocycles.